The van der Waals surface area contributed by atoms with E-state index in [1.165, 1.54) is 12.8 Å². The molecule has 4 heteroatoms. The van der Waals surface area contributed by atoms with Gasteiger partial charge in [0.25, 0.3) is 0 Å². The Bertz CT molecular complexity index is 353. The number of benzene rings is 1. The van der Waals surface area contributed by atoms with Crippen LogP contribution in [0.4, 0.5) is 0 Å². The molecule has 2 rings (SSSR count). The lowest BCUT2D eigenvalue weighted by atomic mass is 10.2. The molecule has 0 spiro atoms. The van der Waals surface area contributed by atoms with Gasteiger partial charge in [0.1, 0.15) is 5.75 Å². The SMILES string of the molecule is NCc1ccc(OCOCC2CC2)cc1Cl. The van der Waals surface area contributed by atoms with Crippen molar-refractivity contribution in [3.8, 4) is 5.75 Å². The Hall–Kier alpha value is -0.770. The van der Waals surface area contributed by atoms with Crippen molar-refractivity contribution in [3.05, 3.63) is 28.8 Å². The van der Waals surface area contributed by atoms with Gasteiger partial charge in [0.15, 0.2) is 6.79 Å². The van der Waals surface area contributed by atoms with E-state index in [1.54, 1.807) is 6.07 Å². The van der Waals surface area contributed by atoms with Gasteiger partial charge >= 0.3 is 0 Å². The second-order valence-electron chi connectivity index (χ2n) is 4.03. The summed E-state index contributed by atoms with van der Waals surface area (Å²) in [6, 6.07) is 5.50. The normalized spacial score (nSPS) is 15.1. The van der Waals surface area contributed by atoms with Crippen molar-refractivity contribution in [1.29, 1.82) is 0 Å². The van der Waals surface area contributed by atoms with Gasteiger partial charge in [-0.1, -0.05) is 17.7 Å². The molecule has 1 aliphatic carbocycles. The molecule has 1 aromatic carbocycles. The molecule has 0 aromatic heterocycles. The van der Waals surface area contributed by atoms with Crippen molar-refractivity contribution in [2.45, 2.75) is 19.4 Å². The van der Waals surface area contributed by atoms with E-state index in [-0.39, 0.29) is 6.79 Å². The molecule has 16 heavy (non-hydrogen) atoms. The predicted molar refractivity (Wildman–Crippen MR) is 63.5 cm³/mol. The number of nitrogens with two attached hydrogens (primary N) is 1. The zero-order chi connectivity index (χ0) is 11.4. The fraction of sp³-hybridized carbons (Fsp3) is 0.500. The number of rotatable bonds is 6. The molecule has 0 unspecified atom stereocenters. The Morgan fingerprint density at radius 2 is 2.19 bits per heavy atom. The van der Waals surface area contributed by atoms with Gasteiger partial charge in [-0.2, -0.15) is 0 Å². The molecule has 0 heterocycles. The Morgan fingerprint density at radius 3 is 2.81 bits per heavy atom. The van der Waals surface area contributed by atoms with E-state index >= 15 is 0 Å². The summed E-state index contributed by atoms with van der Waals surface area (Å²) in [5.74, 6) is 1.48. The maximum atomic E-state index is 6.00. The molecule has 1 fully saturated rings. The Labute approximate surface area is 100 Å². The lowest BCUT2D eigenvalue weighted by Gasteiger charge is -2.08. The molecule has 0 aliphatic heterocycles. The van der Waals surface area contributed by atoms with Gasteiger partial charge in [-0.05, 0) is 36.5 Å². The number of halogens is 1. The van der Waals surface area contributed by atoms with Gasteiger partial charge in [-0.3, -0.25) is 0 Å². The third-order valence-corrected chi connectivity index (χ3v) is 2.96. The summed E-state index contributed by atoms with van der Waals surface area (Å²) < 4.78 is 10.8. The van der Waals surface area contributed by atoms with Crippen LogP contribution in [0.1, 0.15) is 18.4 Å². The minimum atomic E-state index is 0.287. The molecule has 3 nitrogen and oxygen atoms in total. The average molecular weight is 242 g/mol. The molecule has 1 saturated carbocycles. The molecule has 88 valence electrons. The quantitative estimate of drug-likeness (QED) is 0.615. The topological polar surface area (TPSA) is 44.5 Å². The van der Waals surface area contributed by atoms with Crippen LogP contribution in [-0.2, 0) is 11.3 Å². The monoisotopic (exact) mass is 241 g/mol. The van der Waals surface area contributed by atoms with Crippen LogP contribution in [0.15, 0.2) is 18.2 Å². The smallest absolute Gasteiger partial charge is 0.189 e. The van der Waals surface area contributed by atoms with Crippen molar-refractivity contribution < 1.29 is 9.47 Å². The van der Waals surface area contributed by atoms with Crippen molar-refractivity contribution in [1.82, 2.24) is 0 Å². The maximum Gasteiger partial charge on any atom is 0.189 e. The first-order valence-electron chi connectivity index (χ1n) is 5.48. The van der Waals surface area contributed by atoms with E-state index in [0.29, 0.717) is 11.6 Å². The minimum Gasteiger partial charge on any atom is -0.468 e. The number of ether oxygens (including phenoxy) is 2. The van der Waals surface area contributed by atoms with Crippen LogP contribution in [0, 0.1) is 5.92 Å². The average Bonchev–Trinajstić information content (AvgIpc) is 3.08. The zero-order valence-electron chi connectivity index (χ0n) is 9.12. The van der Waals surface area contributed by atoms with E-state index in [9.17, 15) is 0 Å². The van der Waals surface area contributed by atoms with Crippen molar-refractivity contribution in [2.75, 3.05) is 13.4 Å². The highest BCUT2D eigenvalue weighted by atomic mass is 35.5. The summed E-state index contributed by atoms with van der Waals surface area (Å²) in [6.07, 6.45) is 2.58. The Balaban J connectivity index is 1.77. The summed E-state index contributed by atoms with van der Waals surface area (Å²) in [5, 5.41) is 0.641. The summed E-state index contributed by atoms with van der Waals surface area (Å²) in [7, 11) is 0. The van der Waals surface area contributed by atoms with Gasteiger partial charge in [0, 0.05) is 11.6 Å². The van der Waals surface area contributed by atoms with E-state index in [0.717, 1.165) is 23.8 Å². The highest BCUT2D eigenvalue weighted by molar-refractivity contribution is 6.31. The van der Waals surface area contributed by atoms with Gasteiger partial charge in [0.05, 0.1) is 6.61 Å². The van der Waals surface area contributed by atoms with Crippen molar-refractivity contribution in [3.63, 3.8) is 0 Å². The third-order valence-electron chi connectivity index (χ3n) is 2.60. The van der Waals surface area contributed by atoms with E-state index in [4.69, 9.17) is 26.8 Å². The van der Waals surface area contributed by atoms with Gasteiger partial charge < -0.3 is 15.2 Å². The number of hydrogen-bond donors (Lipinski definition) is 1. The third kappa shape index (κ3) is 3.37. The Morgan fingerprint density at radius 1 is 1.38 bits per heavy atom. The molecule has 1 aromatic rings. The molecular formula is C12H16ClNO2. The lowest BCUT2D eigenvalue weighted by Crippen LogP contribution is -2.05. The van der Waals surface area contributed by atoms with Crippen LogP contribution in [0.5, 0.6) is 5.75 Å². The second-order valence-corrected chi connectivity index (χ2v) is 4.44. The fourth-order valence-corrected chi connectivity index (χ4v) is 1.64. The predicted octanol–water partition coefficient (Wildman–Crippen LogP) is 2.56. The summed E-state index contributed by atoms with van der Waals surface area (Å²) in [4.78, 5) is 0. The Kier molecular flexibility index (Phi) is 4.04. The highest BCUT2D eigenvalue weighted by Crippen LogP contribution is 2.28. The molecule has 2 N–H and O–H groups in total. The second kappa shape index (κ2) is 5.53. The maximum absolute atomic E-state index is 6.00. The van der Waals surface area contributed by atoms with Gasteiger partial charge in [-0.15, -0.1) is 0 Å². The molecule has 0 atom stereocenters. The highest BCUT2D eigenvalue weighted by Gasteiger charge is 2.21. The van der Waals surface area contributed by atoms with E-state index in [2.05, 4.69) is 0 Å². The summed E-state index contributed by atoms with van der Waals surface area (Å²) in [6.45, 7) is 1.53. The molecular weight excluding hydrogens is 226 g/mol. The first kappa shape index (κ1) is 11.7. The van der Waals surface area contributed by atoms with E-state index < -0.39 is 0 Å². The van der Waals surface area contributed by atoms with Crippen molar-refractivity contribution >= 4 is 11.6 Å². The first-order valence-corrected chi connectivity index (χ1v) is 5.86. The standard InChI is InChI=1S/C12H16ClNO2/c13-12-5-11(4-3-10(12)6-14)16-8-15-7-9-1-2-9/h3-5,9H,1-2,6-8,14H2. The van der Waals surface area contributed by atoms with Crippen molar-refractivity contribution in [2.24, 2.45) is 11.7 Å². The minimum absolute atomic E-state index is 0.287. The van der Waals surface area contributed by atoms with Crippen LogP contribution in [0.3, 0.4) is 0 Å². The van der Waals surface area contributed by atoms with Crippen LogP contribution in [-0.4, -0.2) is 13.4 Å². The van der Waals surface area contributed by atoms with Crippen LogP contribution in [0.25, 0.3) is 0 Å². The molecule has 0 amide bonds. The first-order chi connectivity index (χ1) is 7.79. The molecule has 0 radical (unpaired) electrons. The van der Waals surface area contributed by atoms with E-state index in [1.807, 2.05) is 12.1 Å². The number of hydrogen-bond acceptors (Lipinski definition) is 3. The summed E-state index contributed by atoms with van der Waals surface area (Å²) in [5.41, 5.74) is 6.44. The molecule has 0 bridgehead atoms. The summed E-state index contributed by atoms with van der Waals surface area (Å²) >= 11 is 6.00. The van der Waals surface area contributed by atoms with Gasteiger partial charge in [-0.25, -0.2) is 0 Å². The van der Waals surface area contributed by atoms with Crippen LogP contribution in [0.2, 0.25) is 5.02 Å². The van der Waals surface area contributed by atoms with Crippen LogP contribution < -0.4 is 10.5 Å². The fourth-order valence-electron chi connectivity index (χ4n) is 1.39. The van der Waals surface area contributed by atoms with Gasteiger partial charge in [0.2, 0.25) is 0 Å². The molecule has 1 aliphatic rings. The lowest BCUT2D eigenvalue weighted by molar-refractivity contribution is 0.00998. The largest absolute Gasteiger partial charge is 0.468 e. The van der Waals surface area contributed by atoms with Crippen LogP contribution >= 0.6 is 11.6 Å². The molecule has 0 saturated heterocycles. The zero-order valence-corrected chi connectivity index (χ0v) is 9.87.